The van der Waals surface area contributed by atoms with E-state index in [1.54, 1.807) is 29.2 Å². The first kappa shape index (κ1) is 21.2. The van der Waals surface area contributed by atoms with Crippen molar-refractivity contribution in [2.75, 3.05) is 11.4 Å². The minimum absolute atomic E-state index is 0.0490. The predicted octanol–water partition coefficient (Wildman–Crippen LogP) is 3.28. The second-order valence-corrected chi connectivity index (χ2v) is 9.64. The van der Waals surface area contributed by atoms with E-state index in [0.29, 0.717) is 34.3 Å². The molecule has 1 atom stereocenters. The van der Waals surface area contributed by atoms with Crippen LogP contribution in [0.25, 0.3) is 21.7 Å². The zero-order valence-electron chi connectivity index (χ0n) is 17.7. The lowest BCUT2D eigenvalue weighted by atomic mass is 10.1. The lowest BCUT2D eigenvalue weighted by Crippen LogP contribution is -2.42. The van der Waals surface area contributed by atoms with E-state index in [1.165, 1.54) is 6.07 Å². The number of H-pyrrole nitrogens is 1. The van der Waals surface area contributed by atoms with Gasteiger partial charge in [-0.15, -0.1) is 0 Å². The molecule has 33 heavy (non-hydrogen) atoms. The van der Waals surface area contributed by atoms with Crippen molar-refractivity contribution >= 4 is 49.3 Å². The maximum absolute atomic E-state index is 13.3. The molecule has 0 aliphatic carbocycles. The Labute approximate surface area is 189 Å². The molecule has 8 nitrogen and oxygen atoms in total. The molecule has 1 aliphatic heterocycles. The van der Waals surface area contributed by atoms with E-state index >= 15 is 0 Å². The van der Waals surface area contributed by atoms with E-state index in [9.17, 15) is 23.1 Å². The Hall–Kier alpha value is -3.69. The number of amides is 1. The van der Waals surface area contributed by atoms with Gasteiger partial charge in [0.1, 0.15) is 6.04 Å². The molecule has 2 heterocycles. The fourth-order valence-electron chi connectivity index (χ4n) is 4.46. The highest BCUT2D eigenvalue weighted by Crippen LogP contribution is 2.40. The number of carboxylic acid groups (broad SMARTS) is 1. The van der Waals surface area contributed by atoms with Gasteiger partial charge in [0.15, 0.2) is 0 Å². The first-order chi connectivity index (χ1) is 15.8. The van der Waals surface area contributed by atoms with Crippen LogP contribution in [0.1, 0.15) is 23.0 Å². The first-order valence-corrected chi connectivity index (χ1v) is 12.0. The van der Waals surface area contributed by atoms with Crippen LogP contribution in [0.5, 0.6) is 0 Å². The predicted molar refractivity (Wildman–Crippen MR) is 125 cm³/mol. The third-order valence-electron chi connectivity index (χ3n) is 5.96. The molecule has 4 aromatic rings. The van der Waals surface area contributed by atoms with Crippen molar-refractivity contribution in [1.29, 1.82) is 0 Å². The zero-order valence-corrected chi connectivity index (χ0v) is 18.5. The molecule has 0 unspecified atom stereocenters. The minimum atomic E-state index is -4.20. The molecule has 5 rings (SSSR count). The molecule has 1 amide bonds. The number of aliphatic carboxylic acids is 1. The Morgan fingerprint density at radius 1 is 1.12 bits per heavy atom. The molecule has 0 bridgehead atoms. The highest BCUT2D eigenvalue weighted by molar-refractivity contribution is 7.89. The SMILES string of the molecule is CCN1C(=O)c2cccc3c(S(=O)(=O)N[C@@H](Cc4cc5ccccc5[nH]4)C(=O)O)ccc1c23. The summed E-state index contributed by atoms with van der Waals surface area (Å²) in [7, 11) is -4.20. The summed E-state index contributed by atoms with van der Waals surface area (Å²) in [5.41, 5.74) is 2.54. The van der Waals surface area contributed by atoms with E-state index in [0.717, 1.165) is 10.9 Å². The number of carboxylic acids is 1. The van der Waals surface area contributed by atoms with Crippen molar-refractivity contribution in [3.05, 3.63) is 71.9 Å². The van der Waals surface area contributed by atoms with Crippen molar-refractivity contribution in [3.8, 4) is 0 Å². The number of carbonyl (C=O) groups is 2. The molecule has 0 fully saturated rings. The normalized spacial score (nSPS) is 14.3. The van der Waals surface area contributed by atoms with Crippen molar-refractivity contribution < 1.29 is 23.1 Å². The number of anilines is 1. The summed E-state index contributed by atoms with van der Waals surface area (Å²) < 4.78 is 29.0. The Morgan fingerprint density at radius 3 is 2.64 bits per heavy atom. The van der Waals surface area contributed by atoms with E-state index in [4.69, 9.17) is 0 Å². The van der Waals surface area contributed by atoms with Crippen LogP contribution in [0.2, 0.25) is 0 Å². The van der Waals surface area contributed by atoms with Crippen molar-refractivity contribution in [1.82, 2.24) is 9.71 Å². The largest absolute Gasteiger partial charge is 0.480 e. The Balaban J connectivity index is 1.52. The van der Waals surface area contributed by atoms with Crippen LogP contribution in [0, 0.1) is 0 Å². The van der Waals surface area contributed by atoms with Gasteiger partial charge in [0.05, 0.1) is 10.6 Å². The number of sulfonamides is 1. The number of hydrogen-bond acceptors (Lipinski definition) is 4. The lowest BCUT2D eigenvalue weighted by molar-refractivity contribution is -0.138. The van der Waals surface area contributed by atoms with Crippen LogP contribution >= 0.6 is 0 Å². The molecule has 0 saturated carbocycles. The van der Waals surface area contributed by atoms with Crippen molar-refractivity contribution in [2.24, 2.45) is 0 Å². The molecule has 3 aromatic carbocycles. The minimum Gasteiger partial charge on any atom is -0.480 e. The Kier molecular flexibility index (Phi) is 4.95. The van der Waals surface area contributed by atoms with Crippen LogP contribution in [-0.4, -0.2) is 43.0 Å². The lowest BCUT2D eigenvalue weighted by Gasteiger charge is -2.17. The number of para-hydroxylation sites is 1. The molecule has 0 radical (unpaired) electrons. The van der Waals surface area contributed by atoms with Gasteiger partial charge in [0.2, 0.25) is 10.0 Å². The molecule has 0 saturated heterocycles. The number of nitrogens with zero attached hydrogens (tertiary/aromatic N) is 1. The number of benzene rings is 3. The van der Waals surface area contributed by atoms with Crippen LogP contribution in [-0.2, 0) is 21.2 Å². The summed E-state index contributed by atoms with van der Waals surface area (Å²) in [5, 5.41) is 11.6. The summed E-state index contributed by atoms with van der Waals surface area (Å²) in [6, 6.07) is 15.9. The van der Waals surface area contributed by atoms with Crippen LogP contribution in [0.3, 0.4) is 0 Å². The summed E-state index contributed by atoms with van der Waals surface area (Å²) in [5.74, 6) is -1.46. The van der Waals surface area contributed by atoms with Gasteiger partial charge in [-0.25, -0.2) is 8.42 Å². The number of nitrogens with one attached hydrogen (secondary N) is 2. The van der Waals surface area contributed by atoms with Crippen molar-refractivity contribution in [3.63, 3.8) is 0 Å². The van der Waals surface area contributed by atoms with E-state index < -0.39 is 22.0 Å². The van der Waals surface area contributed by atoms with Gasteiger partial charge in [0.25, 0.3) is 5.91 Å². The van der Waals surface area contributed by atoms with Gasteiger partial charge in [-0.1, -0.05) is 30.3 Å². The van der Waals surface area contributed by atoms with Gasteiger partial charge in [0, 0.05) is 40.5 Å². The van der Waals surface area contributed by atoms with Gasteiger partial charge >= 0.3 is 5.97 Å². The van der Waals surface area contributed by atoms with Gasteiger partial charge in [-0.2, -0.15) is 4.72 Å². The van der Waals surface area contributed by atoms with Gasteiger partial charge in [-0.3, -0.25) is 9.59 Å². The Morgan fingerprint density at radius 2 is 1.91 bits per heavy atom. The van der Waals surface area contributed by atoms with Crippen molar-refractivity contribution in [2.45, 2.75) is 24.3 Å². The van der Waals surface area contributed by atoms with Crippen LogP contribution in [0.4, 0.5) is 5.69 Å². The fraction of sp³-hybridized carbons (Fsp3) is 0.167. The number of aromatic amines is 1. The number of carbonyl (C=O) groups excluding carboxylic acids is 1. The monoisotopic (exact) mass is 463 g/mol. The zero-order chi connectivity index (χ0) is 23.3. The van der Waals surface area contributed by atoms with E-state index in [1.807, 2.05) is 37.3 Å². The van der Waals surface area contributed by atoms with Gasteiger partial charge in [-0.05, 0) is 42.6 Å². The molecule has 1 aromatic heterocycles. The highest BCUT2D eigenvalue weighted by atomic mass is 32.2. The molecular weight excluding hydrogens is 442 g/mol. The molecule has 0 spiro atoms. The number of rotatable bonds is 7. The Bertz CT molecular complexity index is 1510. The standard InChI is InChI=1S/C24H21N3O5S/c1-2-27-20-10-11-21(16-7-5-8-17(22(16)20)23(27)28)33(31,32)26-19(24(29)30)13-15-12-14-6-3-4-9-18(14)25-15/h3-12,19,25-26H,2,13H2,1H3,(H,29,30)/t19-/m0/s1. The number of hydrogen-bond donors (Lipinski definition) is 3. The second kappa shape index (κ2) is 7.72. The average Bonchev–Trinajstić information content (AvgIpc) is 3.32. The van der Waals surface area contributed by atoms with Crippen LogP contribution in [0.15, 0.2) is 65.6 Å². The molecular formula is C24H21N3O5S. The second-order valence-electron chi connectivity index (χ2n) is 7.96. The fourth-order valence-corrected chi connectivity index (χ4v) is 5.85. The maximum atomic E-state index is 13.3. The summed E-state index contributed by atoms with van der Waals surface area (Å²) >= 11 is 0. The molecule has 168 valence electrons. The highest BCUT2D eigenvalue weighted by Gasteiger charge is 2.33. The third-order valence-corrected chi connectivity index (χ3v) is 7.49. The third kappa shape index (κ3) is 3.46. The first-order valence-electron chi connectivity index (χ1n) is 10.5. The average molecular weight is 464 g/mol. The molecule has 9 heteroatoms. The quantitative estimate of drug-likeness (QED) is 0.389. The van der Waals surface area contributed by atoms with Gasteiger partial charge < -0.3 is 15.0 Å². The van der Waals surface area contributed by atoms with Crippen LogP contribution < -0.4 is 9.62 Å². The van der Waals surface area contributed by atoms with E-state index in [-0.39, 0.29) is 17.2 Å². The number of aromatic nitrogens is 1. The topological polar surface area (TPSA) is 120 Å². The molecule has 1 aliphatic rings. The summed E-state index contributed by atoms with van der Waals surface area (Å²) in [4.78, 5) is 29.3. The molecule has 3 N–H and O–H groups in total. The summed E-state index contributed by atoms with van der Waals surface area (Å²) in [6.45, 7) is 2.31. The van der Waals surface area contributed by atoms with E-state index in [2.05, 4.69) is 9.71 Å². The maximum Gasteiger partial charge on any atom is 0.322 e. The number of fused-ring (bicyclic) bond motifs is 1. The summed E-state index contributed by atoms with van der Waals surface area (Å²) in [6.07, 6.45) is -0.0490. The smallest absolute Gasteiger partial charge is 0.322 e.